The van der Waals surface area contributed by atoms with E-state index in [1.54, 1.807) is 0 Å². The Morgan fingerprint density at radius 3 is 2.77 bits per heavy atom. The lowest BCUT2D eigenvalue weighted by Gasteiger charge is -2.29. The van der Waals surface area contributed by atoms with Crippen molar-refractivity contribution in [1.29, 1.82) is 0 Å². The summed E-state index contributed by atoms with van der Waals surface area (Å²) >= 11 is 1.45. The summed E-state index contributed by atoms with van der Waals surface area (Å²) in [5.74, 6) is 3.29. The quantitative estimate of drug-likeness (QED) is 0.815. The molecule has 5 atom stereocenters. The second-order valence-corrected chi connectivity index (χ2v) is 9.32. The van der Waals surface area contributed by atoms with Crippen molar-refractivity contribution in [2.24, 2.45) is 17.8 Å². The molecular weight excluding hydrogens is 346 g/mol. The van der Waals surface area contributed by atoms with Crippen LogP contribution >= 0.6 is 11.8 Å². The number of aromatic nitrogens is 4. The van der Waals surface area contributed by atoms with E-state index in [1.807, 2.05) is 31.2 Å². The molecule has 2 aromatic heterocycles. The number of hydrogen-bond acceptors (Lipinski definition) is 5. The molecule has 6 nitrogen and oxygen atoms in total. The Bertz CT molecular complexity index is 835. The number of hydrogen-bond donors (Lipinski definition) is 1. The topological polar surface area (TPSA) is 72.2 Å². The molecule has 7 heteroatoms. The van der Waals surface area contributed by atoms with Crippen molar-refractivity contribution in [3.05, 3.63) is 17.6 Å². The molecule has 2 saturated carbocycles. The van der Waals surface area contributed by atoms with Crippen LogP contribution in [0.4, 0.5) is 0 Å². The second kappa shape index (κ2) is 6.83. The van der Waals surface area contributed by atoms with Gasteiger partial charge in [-0.2, -0.15) is 0 Å². The number of rotatable bonds is 5. The number of aryl methyl sites for hydroxylation is 2. The summed E-state index contributed by atoms with van der Waals surface area (Å²) in [5.41, 5.74) is 1.70. The van der Waals surface area contributed by atoms with Crippen molar-refractivity contribution in [1.82, 2.24) is 24.9 Å². The Hall–Kier alpha value is -1.63. The Morgan fingerprint density at radius 2 is 2.08 bits per heavy atom. The van der Waals surface area contributed by atoms with Gasteiger partial charge in [-0.05, 0) is 64.7 Å². The fourth-order valence-corrected chi connectivity index (χ4v) is 5.76. The first-order valence-electron chi connectivity index (χ1n) is 9.58. The average Bonchev–Trinajstić information content (AvgIpc) is 3.30. The van der Waals surface area contributed by atoms with Gasteiger partial charge < -0.3 is 5.32 Å². The third-order valence-electron chi connectivity index (χ3n) is 6.11. The molecule has 140 valence electrons. The first-order chi connectivity index (χ1) is 12.4. The lowest BCUT2D eigenvalue weighted by Crippen LogP contribution is -2.43. The number of fused-ring (bicyclic) bond motifs is 3. The zero-order chi connectivity index (χ0) is 18.4. The van der Waals surface area contributed by atoms with E-state index in [0.29, 0.717) is 5.92 Å². The van der Waals surface area contributed by atoms with E-state index in [9.17, 15) is 4.79 Å². The average molecular weight is 374 g/mol. The largest absolute Gasteiger partial charge is 0.352 e. The zero-order valence-corrected chi connectivity index (χ0v) is 16.7. The molecule has 5 unspecified atom stereocenters. The first kappa shape index (κ1) is 17.8. The van der Waals surface area contributed by atoms with Crippen molar-refractivity contribution >= 4 is 23.3 Å². The number of carbonyl (C=O) groups excluding carboxylic acids is 1. The summed E-state index contributed by atoms with van der Waals surface area (Å²) in [5, 5.41) is 12.2. The van der Waals surface area contributed by atoms with E-state index >= 15 is 0 Å². The fourth-order valence-electron chi connectivity index (χ4n) is 4.85. The van der Waals surface area contributed by atoms with Gasteiger partial charge >= 0.3 is 0 Å². The highest BCUT2D eigenvalue weighted by molar-refractivity contribution is 8.00. The van der Waals surface area contributed by atoms with Crippen molar-refractivity contribution in [3.63, 3.8) is 0 Å². The molecule has 1 N–H and O–H groups in total. The molecule has 0 radical (unpaired) electrons. The molecular formula is C19H27N5OS. The number of thioether (sulfide) groups is 1. The summed E-state index contributed by atoms with van der Waals surface area (Å²) < 4.78 is 1.92. The summed E-state index contributed by atoms with van der Waals surface area (Å²) in [7, 11) is 0. The van der Waals surface area contributed by atoms with Crippen LogP contribution in [0.15, 0.2) is 11.2 Å². The molecule has 2 heterocycles. The Morgan fingerprint density at radius 1 is 1.27 bits per heavy atom. The van der Waals surface area contributed by atoms with Gasteiger partial charge in [0.05, 0.1) is 5.25 Å². The summed E-state index contributed by atoms with van der Waals surface area (Å²) in [6.07, 6.45) is 5.39. The van der Waals surface area contributed by atoms with E-state index in [-0.39, 0.29) is 17.2 Å². The lowest BCUT2D eigenvalue weighted by molar-refractivity contribution is -0.121. The van der Waals surface area contributed by atoms with Gasteiger partial charge in [0, 0.05) is 17.8 Å². The molecule has 4 rings (SSSR count). The number of nitrogens with one attached hydrogen (secondary N) is 1. The van der Waals surface area contributed by atoms with Gasteiger partial charge in [0.15, 0.2) is 10.8 Å². The minimum absolute atomic E-state index is 0.0831. The SMILES string of the molecule is Cc1cc2nnc(SC(C)C(=O)NC(C)C3CC4CCC3C4)n2c(C)n1. The predicted octanol–water partition coefficient (Wildman–Crippen LogP) is 3.16. The second-order valence-electron chi connectivity index (χ2n) is 8.02. The number of nitrogens with zero attached hydrogens (tertiary/aromatic N) is 4. The van der Waals surface area contributed by atoms with Crippen molar-refractivity contribution in [2.75, 3.05) is 0 Å². The number of carbonyl (C=O) groups is 1. The van der Waals surface area contributed by atoms with Crippen LogP contribution in [-0.4, -0.2) is 36.8 Å². The smallest absolute Gasteiger partial charge is 0.233 e. The monoisotopic (exact) mass is 373 g/mol. The van der Waals surface area contributed by atoms with Gasteiger partial charge in [-0.25, -0.2) is 4.98 Å². The highest BCUT2D eigenvalue weighted by Crippen LogP contribution is 2.49. The predicted molar refractivity (Wildman–Crippen MR) is 102 cm³/mol. The van der Waals surface area contributed by atoms with Gasteiger partial charge in [-0.3, -0.25) is 9.20 Å². The van der Waals surface area contributed by atoms with Crippen LogP contribution in [0, 0.1) is 31.6 Å². The van der Waals surface area contributed by atoms with Crippen molar-refractivity contribution in [2.45, 2.75) is 69.8 Å². The van der Waals surface area contributed by atoms with E-state index < -0.39 is 0 Å². The summed E-state index contributed by atoms with van der Waals surface area (Å²) in [6.45, 7) is 7.99. The zero-order valence-electron chi connectivity index (χ0n) is 15.9. The standard InChI is InChI=1S/C19H27N5OS/c1-10-7-17-22-23-19(24(17)13(4)20-10)26-12(3)18(25)21-11(2)16-9-14-5-6-15(16)8-14/h7,11-12,14-16H,5-6,8-9H2,1-4H3,(H,21,25). The Kier molecular flexibility index (Phi) is 4.67. The third-order valence-corrected chi connectivity index (χ3v) is 7.16. The Balaban J connectivity index is 1.41. The van der Waals surface area contributed by atoms with Crippen LogP contribution in [0.2, 0.25) is 0 Å². The van der Waals surface area contributed by atoms with Crippen LogP contribution in [0.1, 0.15) is 51.0 Å². The van der Waals surface area contributed by atoms with E-state index in [4.69, 9.17) is 0 Å². The third kappa shape index (κ3) is 3.21. The maximum Gasteiger partial charge on any atom is 0.233 e. The molecule has 2 aliphatic rings. The van der Waals surface area contributed by atoms with Crippen molar-refractivity contribution in [3.8, 4) is 0 Å². The van der Waals surface area contributed by atoms with E-state index in [1.165, 1.54) is 37.4 Å². The van der Waals surface area contributed by atoms with E-state index in [0.717, 1.165) is 34.2 Å². The fraction of sp³-hybridized carbons (Fsp3) is 0.684. The maximum atomic E-state index is 12.7. The molecule has 26 heavy (non-hydrogen) atoms. The van der Waals surface area contributed by atoms with Crippen LogP contribution in [-0.2, 0) is 4.79 Å². The van der Waals surface area contributed by atoms with Crippen LogP contribution in [0.25, 0.3) is 5.65 Å². The highest BCUT2D eigenvalue weighted by atomic mass is 32.2. The minimum Gasteiger partial charge on any atom is -0.352 e. The summed E-state index contributed by atoms with van der Waals surface area (Å²) in [6, 6.07) is 2.16. The van der Waals surface area contributed by atoms with Gasteiger partial charge in [0.25, 0.3) is 0 Å². The lowest BCUT2D eigenvalue weighted by atomic mass is 9.84. The minimum atomic E-state index is -0.218. The van der Waals surface area contributed by atoms with Crippen LogP contribution < -0.4 is 5.32 Å². The van der Waals surface area contributed by atoms with Gasteiger partial charge in [0.1, 0.15) is 5.82 Å². The maximum absolute atomic E-state index is 12.7. The van der Waals surface area contributed by atoms with Gasteiger partial charge in [-0.15, -0.1) is 10.2 Å². The normalized spacial score (nSPS) is 27.0. The highest BCUT2D eigenvalue weighted by Gasteiger charge is 2.42. The summed E-state index contributed by atoms with van der Waals surface area (Å²) in [4.78, 5) is 17.2. The van der Waals surface area contributed by atoms with Crippen LogP contribution in [0.3, 0.4) is 0 Å². The molecule has 0 spiro atoms. The first-order valence-corrected chi connectivity index (χ1v) is 10.5. The van der Waals surface area contributed by atoms with Gasteiger partial charge in [0.2, 0.25) is 5.91 Å². The molecule has 2 bridgehead atoms. The molecule has 0 saturated heterocycles. The molecule has 2 aromatic rings. The van der Waals surface area contributed by atoms with Gasteiger partial charge in [-0.1, -0.05) is 18.2 Å². The van der Waals surface area contributed by atoms with Crippen molar-refractivity contribution < 1.29 is 4.79 Å². The molecule has 0 aliphatic heterocycles. The molecule has 2 fully saturated rings. The Labute approximate surface area is 158 Å². The molecule has 0 aromatic carbocycles. The molecule has 1 amide bonds. The number of amides is 1. The molecule has 2 aliphatic carbocycles. The van der Waals surface area contributed by atoms with E-state index in [2.05, 4.69) is 27.4 Å². The van der Waals surface area contributed by atoms with Crippen LogP contribution in [0.5, 0.6) is 0 Å².